The lowest BCUT2D eigenvalue weighted by atomic mass is 9.99. The first-order valence-corrected chi connectivity index (χ1v) is 7.14. The van der Waals surface area contributed by atoms with E-state index in [1.807, 2.05) is 20.8 Å². The largest absolute Gasteiger partial charge is 0.379 e. The lowest BCUT2D eigenvalue weighted by Gasteiger charge is -2.20. The molecule has 0 fully saturated rings. The molecule has 0 spiro atoms. The third-order valence-corrected chi connectivity index (χ3v) is 2.03. The zero-order valence-corrected chi connectivity index (χ0v) is 13.9. The number of carbonyl (C=O) groups excluding carboxylic acids is 1. The van der Waals surface area contributed by atoms with Crippen LogP contribution >= 0.6 is 0 Å². The minimum absolute atomic E-state index is 0.0706. The zero-order chi connectivity index (χ0) is 15.6. The van der Waals surface area contributed by atoms with Crippen molar-refractivity contribution in [2.45, 2.75) is 47.1 Å². The van der Waals surface area contributed by atoms with Crippen LogP contribution in [0.5, 0.6) is 0 Å². The van der Waals surface area contributed by atoms with Crippen LogP contribution in [0.15, 0.2) is 0 Å². The summed E-state index contributed by atoms with van der Waals surface area (Å²) in [5, 5.41) is 2.83. The third-order valence-electron chi connectivity index (χ3n) is 2.03. The lowest BCUT2D eigenvalue weighted by molar-refractivity contribution is -0.127. The first-order chi connectivity index (χ1) is 9.10. The third kappa shape index (κ3) is 15.4. The van der Waals surface area contributed by atoms with Gasteiger partial charge in [0.05, 0.1) is 33.0 Å². The Bertz CT molecular complexity index is 266. The average Bonchev–Trinajstić information content (AvgIpc) is 2.22. The normalized spacial score (nSPS) is 12.5. The van der Waals surface area contributed by atoms with E-state index in [0.717, 1.165) is 6.61 Å². The van der Waals surface area contributed by atoms with Crippen molar-refractivity contribution in [3.8, 4) is 0 Å². The maximum atomic E-state index is 11.4. The summed E-state index contributed by atoms with van der Waals surface area (Å²) >= 11 is 0. The van der Waals surface area contributed by atoms with Crippen molar-refractivity contribution in [2.75, 3.05) is 39.6 Å². The van der Waals surface area contributed by atoms with Gasteiger partial charge >= 0.3 is 0 Å². The Morgan fingerprint density at radius 3 is 1.85 bits per heavy atom. The number of amides is 1. The summed E-state index contributed by atoms with van der Waals surface area (Å²) in [6.45, 7) is 15.0. The maximum absolute atomic E-state index is 11.4. The quantitative estimate of drug-likeness (QED) is 0.660. The monoisotopic (exact) mass is 289 g/mol. The van der Waals surface area contributed by atoms with Crippen molar-refractivity contribution in [3.63, 3.8) is 0 Å². The molecule has 0 saturated heterocycles. The summed E-state index contributed by atoms with van der Waals surface area (Å²) in [5.41, 5.74) is -0.0368. The molecule has 0 aliphatic carbocycles. The minimum Gasteiger partial charge on any atom is -0.379 e. The van der Waals surface area contributed by atoms with Crippen molar-refractivity contribution in [2.24, 2.45) is 5.41 Å². The lowest BCUT2D eigenvalue weighted by Crippen LogP contribution is -2.42. The van der Waals surface area contributed by atoms with Crippen LogP contribution in [-0.2, 0) is 19.0 Å². The number of hydrogen-bond acceptors (Lipinski definition) is 4. The fourth-order valence-corrected chi connectivity index (χ4v) is 1.34. The Morgan fingerprint density at radius 2 is 1.35 bits per heavy atom. The average molecular weight is 289 g/mol. The first-order valence-electron chi connectivity index (χ1n) is 7.14. The Kier molecular flexibility index (Phi) is 9.01. The highest BCUT2D eigenvalue weighted by Crippen LogP contribution is 2.12. The van der Waals surface area contributed by atoms with Crippen molar-refractivity contribution < 1.29 is 19.0 Å². The van der Waals surface area contributed by atoms with Gasteiger partial charge in [-0.3, -0.25) is 4.79 Å². The number of ether oxygens (including phenoxy) is 3. The highest BCUT2D eigenvalue weighted by molar-refractivity contribution is 5.77. The van der Waals surface area contributed by atoms with Crippen LogP contribution in [0.2, 0.25) is 0 Å². The van der Waals surface area contributed by atoms with E-state index >= 15 is 0 Å². The van der Waals surface area contributed by atoms with Crippen LogP contribution in [0.3, 0.4) is 0 Å². The molecule has 0 bridgehead atoms. The molecule has 0 aromatic rings. The fraction of sp³-hybridized carbons (Fsp3) is 0.933. The van der Waals surface area contributed by atoms with Crippen molar-refractivity contribution in [3.05, 3.63) is 0 Å². The van der Waals surface area contributed by atoms with Gasteiger partial charge in [-0.05, 0) is 26.2 Å². The number of rotatable bonds is 9. The van der Waals surface area contributed by atoms with Crippen molar-refractivity contribution in [1.29, 1.82) is 0 Å². The second kappa shape index (κ2) is 9.32. The number of carbonyl (C=O) groups is 1. The molecule has 0 rings (SSSR count). The molecule has 1 amide bonds. The van der Waals surface area contributed by atoms with Gasteiger partial charge in [0, 0.05) is 5.54 Å². The molecular formula is C15H31NO4. The highest BCUT2D eigenvalue weighted by Gasteiger charge is 2.13. The van der Waals surface area contributed by atoms with E-state index in [1.165, 1.54) is 0 Å². The van der Waals surface area contributed by atoms with E-state index in [9.17, 15) is 4.79 Å². The molecule has 120 valence electrons. The first kappa shape index (κ1) is 19.4. The molecule has 0 atom stereocenters. The fourth-order valence-electron chi connectivity index (χ4n) is 1.34. The SMILES string of the molecule is CC(C)(C)COCCOCCOCC(=O)NC(C)(C)C. The summed E-state index contributed by atoms with van der Waals surface area (Å²) in [7, 11) is 0. The van der Waals surface area contributed by atoms with Crippen LogP contribution in [0.25, 0.3) is 0 Å². The molecule has 5 nitrogen and oxygen atoms in total. The van der Waals surface area contributed by atoms with Gasteiger partial charge in [0.2, 0.25) is 5.91 Å². The van der Waals surface area contributed by atoms with E-state index in [1.54, 1.807) is 0 Å². The van der Waals surface area contributed by atoms with Crippen LogP contribution in [-0.4, -0.2) is 51.1 Å². The van der Waals surface area contributed by atoms with Gasteiger partial charge < -0.3 is 19.5 Å². The Hall–Kier alpha value is -0.650. The van der Waals surface area contributed by atoms with Gasteiger partial charge in [-0.1, -0.05) is 20.8 Å². The summed E-state index contributed by atoms with van der Waals surface area (Å²) in [6, 6.07) is 0. The molecule has 0 aromatic carbocycles. The van der Waals surface area contributed by atoms with E-state index in [2.05, 4.69) is 26.1 Å². The van der Waals surface area contributed by atoms with Gasteiger partial charge in [0.25, 0.3) is 0 Å². The minimum atomic E-state index is -0.221. The highest BCUT2D eigenvalue weighted by atomic mass is 16.5. The van der Waals surface area contributed by atoms with Gasteiger partial charge in [-0.25, -0.2) is 0 Å². The summed E-state index contributed by atoms with van der Waals surface area (Å²) < 4.78 is 16.0. The predicted octanol–water partition coefficient (Wildman–Crippen LogP) is 2.00. The van der Waals surface area contributed by atoms with Crippen molar-refractivity contribution >= 4 is 5.91 Å². The zero-order valence-electron chi connectivity index (χ0n) is 13.9. The Labute approximate surface area is 123 Å². The predicted molar refractivity (Wildman–Crippen MR) is 79.8 cm³/mol. The van der Waals surface area contributed by atoms with Gasteiger partial charge in [-0.15, -0.1) is 0 Å². The molecule has 5 heteroatoms. The number of hydrogen-bond donors (Lipinski definition) is 1. The Morgan fingerprint density at radius 1 is 0.850 bits per heavy atom. The smallest absolute Gasteiger partial charge is 0.246 e. The van der Waals surface area contributed by atoms with Crippen LogP contribution < -0.4 is 5.32 Å². The summed E-state index contributed by atoms with van der Waals surface area (Å²) in [4.78, 5) is 11.4. The molecular weight excluding hydrogens is 258 g/mol. The molecule has 0 saturated carbocycles. The topological polar surface area (TPSA) is 56.8 Å². The van der Waals surface area contributed by atoms with Crippen LogP contribution in [0.4, 0.5) is 0 Å². The van der Waals surface area contributed by atoms with Crippen LogP contribution in [0, 0.1) is 5.41 Å². The van der Waals surface area contributed by atoms with E-state index < -0.39 is 0 Å². The molecule has 0 radical (unpaired) electrons. The number of nitrogens with one attached hydrogen (secondary N) is 1. The molecule has 0 aromatic heterocycles. The molecule has 0 aliphatic heterocycles. The van der Waals surface area contributed by atoms with Gasteiger partial charge in [0.15, 0.2) is 0 Å². The van der Waals surface area contributed by atoms with Crippen molar-refractivity contribution in [1.82, 2.24) is 5.32 Å². The standard InChI is InChI=1S/C15H31NO4/c1-14(2,3)12-20-10-8-18-7-9-19-11-13(17)16-15(4,5)6/h7-12H2,1-6H3,(H,16,17). The van der Waals surface area contributed by atoms with Gasteiger partial charge in [-0.2, -0.15) is 0 Å². The van der Waals surface area contributed by atoms with Crippen LogP contribution in [0.1, 0.15) is 41.5 Å². The maximum Gasteiger partial charge on any atom is 0.246 e. The second-order valence-corrected chi connectivity index (χ2v) is 7.08. The molecule has 20 heavy (non-hydrogen) atoms. The van der Waals surface area contributed by atoms with E-state index in [0.29, 0.717) is 26.4 Å². The van der Waals surface area contributed by atoms with E-state index in [-0.39, 0.29) is 23.5 Å². The molecule has 0 heterocycles. The summed E-state index contributed by atoms with van der Waals surface area (Å²) in [5.74, 6) is -0.106. The second-order valence-electron chi connectivity index (χ2n) is 7.08. The van der Waals surface area contributed by atoms with Gasteiger partial charge in [0.1, 0.15) is 6.61 Å². The molecule has 1 N–H and O–H groups in total. The molecule has 0 aliphatic rings. The van der Waals surface area contributed by atoms with E-state index in [4.69, 9.17) is 14.2 Å². The Balaban J connectivity index is 3.31. The molecule has 0 unspecified atom stereocenters. The summed E-state index contributed by atoms with van der Waals surface area (Å²) in [6.07, 6.45) is 0.